The van der Waals surface area contributed by atoms with Crippen molar-refractivity contribution >= 4 is 23.6 Å². The first kappa shape index (κ1) is 21.6. The number of hydrogen-bond donors (Lipinski definition) is 3. The predicted octanol–water partition coefficient (Wildman–Crippen LogP) is 3.90. The maximum atomic E-state index is 12.6. The molecule has 160 valence electrons. The second-order valence-corrected chi connectivity index (χ2v) is 7.72. The molecular weight excluding hydrogens is 396 g/mol. The summed E-state index contributed by atoms with van der Waals surface area (Å²) >= 11 is 0. The molecule has 0 aliphatic heterocycles. The number of amides is 3. The van der Waals surface area contributed by atoms with E-state index in [2.05, 4.69) is 16.2 Å². The number of carbonyl (C=O) groups is 3. The molecule has 0 aliphatic rings. The molecular formula is C23H24N4O4. The minimum atomic E-state index is -0.639. The zero-order chi connectivity index (χ0) is 22.4. The Morgan fingerprint density at radius 1 is 0.839 bits per heavy atom. The SMILES string of the molecule is CC(C)(C)OC(=O)Nc1cccc(C(=O)NNC(=O)c2ccccc2-n2cccc2)c1. The Bertz CT molecular complexity index is 1080. The second-order valence-electron chi connectivity index (χ2n) is 7.72. The van der Waals surface area contributed by atoms with E-state index in [9.17, 15) is 14.4 Å². The smallest absolute Gasteiger partial charge is 0.412 e. The van der Waals surface area contributed by atoms with Gasteiger partial charge in [-0.2, -0.15) is 0 Å². The molecule has 0 fully saturated rings. The van der Waals surface area contributed by atoms with Crippen molar-refractivity contribution < 1.29 is 19.1 Å². The third-order valence-electron chi connectivity index (χ3n) is 4.09. The number of carbonyl (C=O) groups excluding carboxylic acids is 3. The van der Waals surface area contributed by atoms with Gasteiger partial charge in [0.25, 0.3) is 11.8 Å². The van der Waals surface area contributed by atoms with E-state index in [1.54, 1.807) is 51.1 Å². The van der Waals surface area contributed by atoms with E-state index in [0.29, 0.717) is 16.9 Å². The Kier molecular flexibility index (Phi) is 6.40. The van der Waals surface area contributed by atoms with Crippen LogP contribution in [0, 0.1) is 0 Å². The zero-order valence-electron chi connectivity index (χ0n) is 17.5. The van der Waals surface area contributed by atoms with Gasteiger partial charge in [-0.1, -0.05) is 18.2 Å². The van der Waals surface area contributed by atoms with Crippen LogP contribution in [0.4, 0.5) is 10.5 Å². The number of benzene rings is 2. The van der Waals surface area contributed by atoms with E-state index in [4.69, 9.17) is 4.74 Å². The number of nitrogens with one attached hydrogen (secondary N) is 3. The third-order valence-corrected chi connectivity index (χ3v) is 4.09. The molecule has 0 saturated heterocycles. The molecule has 1 aromatic heterocycles. The lowest BCUT2D eigenvalue weighted by Crippen LogP contribution is -2.42. The standard InChI is InChI=1S/C23H24N4O4/c1-23(2,3)31-22(30)24-17-10-8-9-16(15-17)20(28)25-26-21(29)18-11-4-5-12-19(18)27-13-6-7-14-27/h4-15H,1-3H3,(H,24,30)(H,25,28)(H,26,29). The summed E-state index contributed by atoms with van der Waals surface area (Å²) in [6.45, 7) is 5.27. The first-order valence-electron chi connectivity index (χ1n) is 9.66. The quantitative estimate of drug-likeness (QED) is 0.557. The van der Waals surface area contributed by atoms with Gasteiger partial charge in [0.15, 0.2) is 0 Å². The van der Waals surface area contributed by atoms with Crippen LogP contribution in [0.3, 0.4) is 0 Å². The van der Waals surface area contributed by atoms with Gasteiger partial charge in [0.2, 0.25) is 0 Å². The van der Waals surface area contributed by atoms with Crippen molar-refractivity contribution in [3.05, 3.63) is 84.2 Å². The van der Waals surface area contributed by atoms with Crippen LogP contribution in [0.1, 0.15) is 41.5 Å². The van der Waals surface area contributed by atoms with Crippen LogP contribution in [0.5, 0.6) is 0 Å². The first-order valence-corrected chi connectivity index (χ1v) is 9.66. The zero-order valence-corrected chi connectivity index (χ0v) is 17.5. The number of para-hydroxylation sites is 1. The maximum absolute atomic E-state index is 12.6. The third kappa shape index (κ3) is 5.96. The number of aromatic nitrogens is 1. The summed E-state index contributed by atoms with van der Waals surface area (Å²) in [6.07, 6.45) is 3.03. The van der Waals surface area contributed by atoms with Gasteiger partial charge in [-0.25, -0.2) is 4.79 Å². The van der Waals surface area contributed by atoms with E-state index in [-0.39, 0.29) is 5.56 Å². The highest BCUT2D eigenvalue weighted by molar-refractivity contribution is 6.01. The van der Waals surface area contributed by atoms with Crippen molar-refractivity contribution in [2.45, 2.75) is 26.4 Å². The van der Waals surface area contributed by atoms with Crippen molar-refractivity contribution in [3.63, 3.8) is 0 Å². The minimum Gasteiger partial charge on any atom is -0.444 e. The van der Waals surface area contributed by atoms with Gasteiger partial charge < -0.3 is 9.30 Å². The fourth-order valence-electron chi connectivity index (χ4n) is 2.80. The van der Waals surface area contributed by atoms with E-state index >= 15 is 0 Å². The molecule has 0 aliphatic carbocycles. The predicted molar refractivity (Wildman–Crippen MR) is 117 cm³/mol. The molecule has 3 aromatic rings. The molecule has 0 bridgehead atoms. The van der Waals surface area contributed by atoms with E-state index in [1.165, 1.54) is 6.07 Å². The molecule has 3 amide bonds. The molecule has 0 unspecified atom stereocenters. The molecule has 0 radical (unpaired) electrons. The van der Waals surface area contributed by atoms with Crippen LogP contribution < -0.4 is 16.2 Å². The largest absolute Gasteiger partial charge is 0.444 e. The highest BCUT2D eigenvalue weighted by Crippen LogP contribution is 2.15. The fourth-order valence-corrected chi connectivity index (χ4v) is 2.80. The van der Waals surface area contributed by atoms with Gasteiger partial charge >= 0.3 is 6.09 Å². The number of rotatable bonds is 4. The highest BCUT2D eigenvalue weighted by atomic mass is 16.6. The number of hydrazine groups is 1. The Morgan fingerprint density at radius 3 is 2.23 bits per heavy atom. The van der Waals surface area contributed by atoms with Gasteiger partial charge in [0.05, 0.1) is 11.3 Å². The number of anilines is 1. The van der Waals surface area contributed by atoms with Gasteiger partial charge in [-0.05, 0) is 63.2 Å². The van der Waals surface area contributed by atoms with Gasteiger partial charge in [0, 0.05) is 23.6 Å². The Balaban J connectivity index is 1.64. The summed E-state index contributed by atoms with van der Waals surface area (Å²) in [6, 6.07) is 17.1. The van der Waals surface area contributed by atoms with E-state index in [1.807, 2.05) is 41.2 Å². The average Bonchev–Trinajstić information content (AvgIpc) is 3.25. The molecule has 8 nitrogen and oxygen atoms in total. The summed E-state index contributed by atoms with van der Waals surface area (Å²) in [4.78, 5) is 37.0. The van der Waals surface area contributed by atoms with Gasteiger partial charge in [-0.3, -0.25) is 25.8 Å². The first-order chi connectivity index (χ1) is 14.7. The normalized spacial score (nSPS) is 10.8. The molecule has 0 spiro atoms. The lowest BCUT2D eigenvalue weighted by Gasteiger charge is -2.19. The molecule has 0 saturated carbocycles. The van der Waals surface area contributed by atoms with Crippen molar-refractivity contribution in [2.75, 3.05) is 5.32 Å². The lowest BCUT2D eigenvalue weighted by molar-refractivity contribution is 0.0635. The number of nitrogens with zero attached hydrogens (tertiary/aromatic N) is 1. The summed E-state index contributed by atoms with van der Waals surface area (Å²) in [5.41, 5.74) is 5.92. The molecule has 2 aromatic carbocycles. The van der Waals surface area contributed by atoms with Crippen molar-refractivity contribution in [1.82, 2.24) is 15.4 Å². The van der Waals surface area contributed by atoms with Crippen molar-refractivity contribution in [2.24, 2.45) is 0 Å². The highest BCUT2D eigenvalue weighted by Gasteiger charge is 2.17. The van der Waals surface area contributed by atoms with Crippen LogP contribution >= 0.6 is 0 Å². The topological polar surface area (TPSA) is 101 Å². The summed E-state index contributed by atoms with van der Waals surface area (Å²) in [5.74, 6) is -0.986. The number of hydrogen-bond acceptors (Lipinski definition) is 4. The van der Waals surface area contributed by atoms with Crippen molar-refractivity contribution in [3.8, 4) is 5.69 Å². The molecule has 3 rings (SSSR count). The average molecular weight is 420 g/mol. The molecule has 31 heavy (non-hydrogen) atoms. The van der Waals surface area contributed by atoms with Crippen LogP contribution in [0.25, 0.3) is 5.69 Å². The fraction of sp³-hybridized carbons (Fsp3) is 0.174. The van der Waals surface area contributed by atoms with Gasteiger partial charge in [0.1, 0.15) is 5.60 Å². The Morgan fingerprint density at radius 2 is 1.52 bits per heavy atom. The van der Waals surface area contributed by atoms with E-state index in [0.717, 1.165) is 0 Å². The monoisotopic (exact) mass is 420 g/mol. The van der Waals surface area contributed by atoms with Crippen LogP contribution in [-0.2, 0) is 4.74 Å². The summed E-state index contributed by atoms with van der Waals surface area (Å²) < 4.78 is 7.01. The van der Waals surface area contributed by atoms with Gasteiger partial charge in [-0.15, -0.1) is 0 Å². The second kappa shape index (κ2) is 9.17. The van der Waals surface area contributed by atoms with Crippen molar-refractivity contribution in [1.29, 1.82) is 0 Å². The van der Waals surface area contributed by atoms with E-state index < -0.39 is 23.5 Å². The van der Waals surface area contributed by atoms with Crippen LogP contribution in [0.15, 0.2) is 73.1 Å². The lowest BCUT2D eigenvalue weighted by atomic mass is 10.1. The summed E-state index contributed by atoms with van der Waals surface area (Å²) in [5, 5.41) is 2.58. The van der Waals surface area contributed by atoms with Crippen LogP contribution in [-0.4, -0.2) is 28.1 Å². The molecule has 0 atom stereocenters. The molecule has 1 heterocycles. The Labute approximate surface area is 180 Å². The van der Waals surface area contributed by atoms with Crippen LogP contribution in [0.2, 0.25) is 0 Å². The maximum Gasteiger partial charge on any atom is 0.412 e. The minimum absolute atomic E-state index is 0.257. The molecule has 8 heteroatoms. The molecule has 3 N–H and O–H groups in total. The summed E-state index contributed by atoms with van der Waals surface area (Å²) in [7, 11) is 0. The number of ether oxygens (including phenoxy) is 1. The Hall–Kier alpha value is -4.07.